The Labute approximate surface area is 202 Å². The molecule has 0 atom stereocenters. The van der Waals surface area contributed by atoms with Crippen LogP contribution in [-0.2, 0) is 26.0 Å². The van der Waals surface area contributed by atoms with Gasteiger partial charge in [0.05, 0.1) is 4.90 Å². The molecule has 0 fully saturated rings. The fourth-order valence-corrected chi connectivity index (χ4v) is 3.62. The minimum atomic E-state index is -3.81. The number of carboxylic acids is 2. The lowest BCUT2D eigenvalue weighted by atomic mass is 10.1. The van der Waals surface area contributed by atoms with E-state index in [1.54, 1.807) is 6.07 Å². The van der Waals surface area contributed by atoms with Gasteiger partial charge in [0.25, 0.3) is 0 Å². The predicted octanol–water partition coefficient (Wildman–Crippen LogP) is 1.62. The van der Waals surface area contributed by atoms with Crippen molar-refractivity contribution in [3.63, 3.8) is 0 Å². The van der Waals surface area contributed by atoms with E-state index >= 15 is 0 Å². The Kier molecular flexibility index (Phi) is 9.85. The van der Waals surface area contributed by atoms with E-state index in [-0.39, 0.29) is 47.6 Å². The maximum absolute atomic E-state index is 12.5. The molecule has 0 radical (unpaired) electrons. The van der Waals surface area contributed by atoms with Crippen molar-refractivity contribution in [2.75, 3.05) is 13.2 Å². The summed E-state index contributed by atoms with van der Waals surface area (Å²) >= 11 is 0. The van der Waals surface area contributed by atoms with E-state index in [4.69, 9.17) is 25.7 Å². The summed E-state index contributed by atoms with van der Waals surface area (Å²) in [7, 11) is -3.81. The highest BCUT2D eigenvalue weighted by Gasteiger charge is 2.30. The molecule has 0 heterocycles. The van der Waals surface area contributed by atoms with Gasteiger partial charge in [0, 0.05) is 12.1 Å². The third-order valence-electron chi connectivity index (χ3n) is 4.42. The first-order valence-electron chi connectivity index (χ1n) is 9.66. The van der Waals surface area contributed by atoms with E-state index in [1.807, 2.05) is 0 Å². The number of amidine groups is 1. The van der Waals surface area contributed by atoms with Gasteiger partial charge in [0.1, 0.15) is 5.84 Å². The van der Waals surface area contributed by atoms with Crippen LogP contribution in [0, 0.1) is 5.41 Å². The van der Waals surface area contributed by atoms with Gasteiger partial charge in [-0.1, -0.05) is 6.07 Å². The second-order valence-electron chi connectivity index (χ2n) is 7.47. The van der Waals surface area contributed by atoms with E-state index in [0.29, 0.717) is 11.1 Å². The molecule has 34 heavy (non-hydrogen) atoms. The van der Waals surface area contributed by atoms with Crippen molar-refractivity contribution >= 4 is 40.2 Å². The molecule has 186 valence electrons. The number of halogens is 1. The summed E-state index contributed by atoms with van der Waals surface area (Å²) in [6.07, 6.45) is 0.233. The van der Waals surface area contributed by atoms with E-state index in [1.165, 1.54) is 50.2 Å². The molecule has 0 aromatic heterocycles. The Morgan fingerprint density at radius 1 is 1.09 bits per heavy atom. The first-order valence-corrected chi connectivity index (χ1v) is 11.1. The van der Waals surface area contributed by atoms with Gasteiger partial charge in [-0.2, -0.15) is 0 Å². The van der Waals surface area contributed by atoms with Crippen LogP contribution in [0.1, 0.15) is 25.0 Å². The van der Waals surface area contributed by atoms with Crippen LogP contribution in [0.2, 0.25) is 0 Å². The number of hydrogen-bond acceptors (Lipinski definition) is 7. The molecular weight excluding hydrogens is 490 g/mol. The first-order chi connectivity index (χ1) is 15.3. The van der Waals surface area contributed by atoms with Crippen molar-refractivity contribution in [2.24, 2.45) is 5.73 Å². The maximum Gasteiger partial charge on any atom is 0.347 e. The number of aliphatic carboxylic acids is 2. The molecule has 0 saturated carbocycles. The van der Waals surface area contributed by atoms with Crippen LogP contribution in [0.25, 0.3) is 0 Å². The molecule has 0 saturated heterocycles. The zero-order chi connectivity index (χ0) is 24.8. The van der Waals surface area contributed by atoms with Gasteiger partial charge in [0.2, 0.25) is 10.0 Å². The van der Waals surface area contributed by atoms with Crippen LogP contribution in [0.3, 0.4) is 0 Å². The molecule has 0 amide bonds. The molecule has 2 aromatic rings. The largest absolute Gasteiger partial charge is 0.479 e. The number of carbonyl (C=O) groups is 2. The molecule has 2 rings (SSSR count). The number of nitrogens with one attached hydrogen (secondary N) is 2. The first kappa shape index (κ1) is 28.7. The quantitative estimate of drug-likeness (QED) is 0.206. The van der Waals surface area contributed by atoms with Crippen LogP contribution < -0.4 is 19.9 Å². The number of hydrogen-bond donors (Lipinski definition) is 5. The van der Waals surface area contributed by atoms with Crippen molar-refractivity contribution in [1.82, 2.24) is 4.72 Å². The highest BCUT2D eigenvalue weighted by atomic mass is 35.5. The predicted molar refractivity (Wildman–Crippen MR) is 126 cm³/mol. The molecule has 0 aliphatic heterocycles. The molecular formula is C21H26ClN3O8S. The van der Waals surface area contributed by atoms with Gasteiger partial charge in [-0.05, 0) is 62.2 Å². The molecule has 0 spiro atoms. The summed E-state index contributed by atoms with van der Waals surface area (Å²) in [5.41, 5.74) is 4.78. The summed E-state index contributed by atoms with van der Waals surface area (Å²) in [6.45, 7) is 2.02. The summed E-state index contributed by atoms with van der Waals surface area (Å²) in [6, 6.07) is 10.0. The van der Waals surface area contributed by atoms with Crippen LogP contribution in [0.4, 0.5) is 0 Å². The SMILES string of the molecule is CC(C)(Oc1ccc(CCNS(=O)(=O)c2ccc(C(=N)N)cc2)cc1OCC(=O)O)C(=O)O.Cl. The Hall–Kier alpha value is -3.35. The molecule has 13 heteroatoms. The van der Waals surface area contributed by atoms with E-state index in [2.05, 4.69) is 4.72 Å². The molecule has 0 aliphatic carbocycles. The lowest BCUT2D eigenvalue weighted by Crippen LogP contribution is -2.38. The molecule has 6 N–H and O–H groups in total. The summed E-state index contributed by atoms with van der Waals surface area (Å²) in [5, 5.41) is 25.5. The zero-order valence-electron chi connectivity index (χ0n) is 18.4. The number of benzene rings is 2. The Bertz CT molecular complexity index is 1150. The van der Waals surface area contributed by atoms with Gasteiger partial charge >= 0.3 is 11.9 Å². The minimum Gasteiger partial charge on any atom is -0.479 e. The normalized spacial score (nSPS) is 11.2. The number of ether oxygens (including phenoxy) is 2. The van der Waals surface area contributed by atoms with Crippen molar-refractivity contribution in [3.05, 3.63) is 53.6 Å². The van der Waals surface area contributed by atoms with Crippen LogP contribution >= 0.6 is 12.4 Å². The van der Waals surface area contributed by atoms with Crippen molar-refractivity contribution in [2.45, 2.75) is 30.8 Å². The number of nitrogens with two attached hydrogens (primary N) is 1. The van der Waals surface area contributed by atoms with Crippen molar-refractivity contribution in [1.29, 1.82) is 5.41 Å². The second-order valence-corrected chi connectivity index (χ2v) is 9.23. The lowest BCUT2D eigenvalue weighted by molar-refractivity contribution is -0.152. The molecule has 2 aromatic carbocycles. The second kappa shape index (κ2) is 11.7. The number of carboxylic acid groups (broad SMARTS) is 2. The fourth-order valence-electron chi connectivity index (χ4n) is 2.59. The highest BCUT2D eigenvalue weighted by Crippen LogP contribution is 2.32. The smallest absolute Gasteiger partial charge is 0.347 e. The monoisotopic (exact) mass is 515 g/mol. The van der Waals surface area contributed by atoms with Gasteiger partial charge in [-0.3, -0.25) is 5.41 Å². The average Bonchev–Trinajstić information content (AvgIpc) is 2.73. The van der Waals surface area contributed by atoms with Crippen molar-refractivity contribution in [3.8, 4) is 11.5 Å². The van der Waals surface area contributed by atoms with Crippen LogP contribution in [0.5, 0.6) is 11.5 Å². The van der Waals surface area contributed by atoms with E-state index < -0.39 is 34.2 Å². The third-order valence-corrected chi connectivity index (χ3v) is 5.90. The van der Waals surface area contributed by atoms with Gasteiger partial charge in [0.15, 0.2) is 23.7 Å². The van der Waals surface area contributed by atoms with Gasteiger partial charge < -0.3 is 25.4 Å². The minimum absolute atomic E-state index is 0. The zero-order valence-corrected chi connectivity index (χ0v) is 20.0. The average molecular weight is 516 g/mol. The van der Waals surface area contributed by atoms with Crippen molar-refractivity contribution < 1.29 is 37.7 Å². The fraction of sp³-hybridized carbons (Fsp3) is 0.286. The van der Waals surface area contributed by atoms with Crippen LogP contribution in [-0.4, -0.2) is 55.2 Å². The Morgan fingerprint density at radius 2 is 1.71 bits per heavy atom. The molecule has 0 aliphatic rings. The Balaban J connectivity index is 0.00000578. The highest BCUT2D eigenvalue weighted by molar-refractivity contribution is 7.89. The number of rotatable bonds is 12. The van der Waals surface area contributed by atoms with E-state index in [9.17, 15) is 23.1 Å². The molecule has 11 nitrogen and oxygen atoms in total. The van der Waals surface area contributed by atoms with E-state index in [0.717, 1.165) is 0 Å². The lowest BCUT2D eigenvalue weighted by Gasteiger charge is -2.23. The number of nitrogen functional groups attached to an aromatic ring is 1. The Morgan fingerprint density at radius 3 is 2.24 bits per heavy atom. The summed E-state index contributed by atoms with van der Waals surface area (Å²) in [5.74, 6) is -2.56. The van der Waals surface area contributed by atoms with Gasteiger partial charge in [-0.15, -0.1) is 12.4 Å². The molecule has 0 unspecified atom stereocenters. The summed E-state index contributed by atoms with van der Waals surface area (Å²) in [4.78, 5) is 22.2. The topological polar surface area (TPSA) is 189 Å². The summed E-state index contributed by atoms with van der Waals surface area (Å²) < 4.78 is 38.1. The van der Waals surface area contributed by atoms with Gasteiger partial charge in [-0.25, -0.2) is 22.7 Å². The van der Waals surface area contributed by atoms with Crippen LogP contribution in [0.15, 0.2) is 47.4 Å². The third kappa shape index (κ3) is 7.90. The molecule has 0 bridgehead atoms. The maximum atomic E-state index is 12.5. The number of sulfonamides is 1. The standard InChI is InChI=1S/C21H25N3O8S.ClH/c1-21(2,20(27)28)32-16-8-3-13(11-17(16)31-12-18(25)26)9-10-24-33(29,30)15-6-4-14(5-7-15)19(22)23;/h3-8,11,24H,9-10,12H2,1-2H3,(H3,22,23)(H,25,26)(H,27,28);1H.